The minimum atomic E-state index is -1.65. The Balaban J connectivity index is 5.62. The van der Waals surface area contributed by atoms with Crippen molar-refractivity contribution < 1.29 is 4.74 Å². The first kappa shape index (κ1) is 20.5. The highest BCUT2D eigenvalue weighted by molar-refractivity contribution is 6.90. The fourth-order valence-corrected chi connectivity index (χ4v) is 8.93. The van der Waals surface area contributed by atoms with E-state index in [-0.39, 0.29) is 6.10 Å². The molecule has 0 saturated heterocycles. The second kappa shape index (κ2) is 9.49. The second-order valence-electron chi connectivity index (χ2n) is 6.92. The molecule has 0 aliphatic rings. The molecule has 0 aromatic carbocycles. The van der Waals surface area contributed by atoms with Crippen LogP contribution in [0.2, 0.25) is 16.6 Å². The molecule has 0 bridgehead atoms. The second-order valence-corrected chi connectivity index (χ2v) is 12.5. The van der Waals surface area contributed by atoms with E-state index in [0.717, 1.165) is 6.42 Å². The molecule has 0 aromatic rings. The molecule has 0 fully saturated rings. The molecule has 2 atom stereocenters. The van der Waals surface area contributed by atoms with E-state index in [9.17, 15) is 0 Å². The summed E-state index contributed by atoms with van der Waals surface area (Å²) in [4.78, 5) is 0. The summed E-state index contributed by atoms with van der Waals surface area (Å²) in [6.07, 6.45) is 5.43. The summed E-state index contributed by atoms with van der Waals surface area (Å²) in [6.45, 7) is 18.4. The lowest BCUT2D eigenvalue weighted by atomic mass is 9.99. The van der Waals surface area contributed by atoms with Crippen LogP contribution in [0.4, 0.5) is 0 Å². The van der Waals surface area contributed by atoms with Crippen LogP contribution < -0.4 is 0 Å². The Morgan fingerprint density at radius 1 is 1.00 bits per heavy atom. The number of allylic oxidation sites excluding steroid dienone is 1. The summed E-state index contributed by atoms with van der Waals surface area (Å²) in [5, 5.41) is 0. The van der Waals surface area contributed by atoms with Gasteiger partial charge in [-0.3, -0.25) is 0 Å². The van der Waals surface area contributed by atoms with Crippen LogP contribution in [0.5, 0.6) is 0 Å². The van der Waals surface area contributed by atoms with E-state index in [1.807, 2.05) is 0 Å². The predicted octanol–water partition coefficient (Wildman–Crippen LogP) is 5.83. The average Bonchev–Trinajstić information content (AvgIpc) is 2.40. The molecule has 0 aliphatic carbocycles. The van der Waals surface area contributed by atoms with Crippen molar-refractivity contribution in [1.29, 1.82) is 0 Å². The zero-order valence-corrected chi connectivity index (χ0v) is 16.7. The van der Waals surface area contributed by atoms with Gasteiger partial charge in [-0.2, -0.15) is 0 Å². The number of ether oxygens (including phenoxy) is 1. The molecule has 0 rings (SSSR count). The first-order valence-corrected chi connectivity index (χ1v) is 10.7. The van der Waals surface area contributed by atoms with Crippen LogP contribution in [0.15, 0.2) is 12.2 Å². The summed E-state index contributed by atoms with van der Waals surface area (Å²) in [7, 11) is 0.133. The number of hydrogen-bond acceptors (Lipinski definition) is 1. The van der Waals surface area contributed by atoms with Crippen molar-refractivity contribution in [3.05, 3.63) is 12.2 Å². The maximum atomic E-state index is 5.69. The Bertz CT molecular complexity index is 349. The largest absolute Gasteiger partial charge is 0.368 e. The van der Waals surface area contributed by atoms with Gasteiger partial charge in [0.1, 0.15) is 14.2 Å². The highest BCUT2D eigenvalue weighted by Gasteiger charge is 2.41. The monoisotopic (exact) mass is 308 g/mol. The van der Waals surface area contributed by atoms with Gasteiger partial charge in [0.15, 0.2) is 0 Å². The third-order valence-electron chi connectivity index (χ3n) is 4.85. The SMILES string of the molecule is C/C=C/[C@H](CC)[C@H](C#C[Si](C(C)C)(C(C)C)C(C)C)OC. The molecule has 0 heterocycles. The molecule has 2 heteroatoms. The molecule has 0 aliphatic heterocycles. The van der Waals surface area contributed by atoms with Crippen molar-refractivity contribution in [3.63, 3.8) is 0 Å². The maximum Gasteiger partial charge on any atom is 0.146 e. The van der Waals surface area contributed by atoms with Gasteiger partial charge in [-0.15, -0.1) is 5.54 Å². The molecule has 0 unspecified atom stereocenters. The average molecular weight is 309 g/mol. The number of hydrogen-bond donors (Lipinski definition) is 0. The predicted molar refractivity (Wildman–Crippen MR) is 98.2 cm³/mol. The van der Waals surface area contributed by atoms with Gasteiger partial charge < -0.3 is 4.74 Å². The van der Waals surface area contributed by atoms with Gasteiger partial charge in [-0.05, 0) is 30.0 Å². The van der Waals surface area contributed by atoms with E-state index in [2.05, 4.69) is 79.0 Å². The van der Waals surface area contributed by atoms with Gasteiger partial charge in [-0.1, -0.05) is 66.5 Å². The van der Waals surface area contributed by atoms with Crippen LogP contribution in [0.3, 0.4) is 0 Å². The molecule has 122 valence electrons. The van der Waals surface area contributed by atoms with Crippen molar-refractivity contribution in [2.24, 2.45) is 5.92 Å². The third kappa shape index (κ3) is 5.00. The first-order valence-electron chi connectivity index (χ1n) is 8.46. The molecule has 0 spiro atoms. The fraction of sp³-hybridized carbons (Fsp3) is 0.789. The summed E-state index contributed by atoms with van der Waals surface area (Å²) in [5.41, 5.74) is 5.80. The molecule has 0 radical (unpaired) electrons. The summed E-state index contributed by atoms with van der Waals surface area (Å²) < 4.78 is 5.69. The smallest absolute Gasteiger partial charge is 0.146 e. The topological polar surface area (TPSA) is 9.23 Å². The molecule has 0 N–H and O–H groups in total. The zero-order chi connectivity index (χ0) is 16.6. The molecular weight excluding hydrogens is 272 g/mol. The first-order chi connectivity index (χ1) is 9.77. The number of rotatable bonds is 7. The summed E-state index contributed by atoms with van der Waals surface area (Å²) in [6, 6.07) is 0. The molecule has 1 nitrogen and oxygen atoms in total. The lowest BCUT2D eigenvalue weighted by Gasteiger charge is -2.38. The van der Waals surface area contributed by atoms with Crippen LogP contribution in [0, 0.1) is 17.4 Å². The molecule has 0 aromatic heterocycles. The molecular formula is C19H36OSi. The Morgan fingerprint density at radius 2 is 1.48 bits per heavy atom. The van der Waals surface area contributed by atoms with Crippen molar-refractivity contribution in [2.75, 3.05) is 7.11 Å². The van der Waals surface area contributed by atoms with Crippen LogP contribution in [0.1, 0.15) is 61.8 Å². The van der Waals surface area contributed by atoms with Crippen molar-refractivity contribution >= 4 is 8.07 Å². The summed E-state index contributed by atoms with van der Waals surface area (Å²) in [5.74, 6) is 3.92. The van der Waals surface area contributed by atoms with Crippen LogP contribution in [-0.4, -0.2) is 21.3 Å². The normalized spacial score (nSPS) is 15.6. The van der Waals surface area contributed by atoms with E-state index in [1.54, 1.807) is 7.11 Å². The zero-order valence-electron chi connectivity index (χ0n) is 15.7. The van der Waals surface area contributed by atoms with Crippen LogP contribution in [-0.2, 0) is 4.74 Å². The third-order valence-corrected chi connectivity index (χ3v) is 11.2. The quantitative estimate of drug-likeness (QED) is 0.327. The highest BCUT2D eigenvalue weighted by atomic mass is 28.3. The van der Waals surface area contributed by atoms with Gasteiger partial charge in [0.2, 0.25) is 0 Å². The van der Waals surface area contributed by atoms with Crippen LogP contribution >= 0.6 is 0 Å². The van der Waals surface area contributed by atoms with Gasteiger partial charge in [0, 0.05) is 13.0 Å². The lowest BCUT2D eigenvalue weighted by Crippen LogP contribution is -2.43. The van der Waals surface area contributed by atoms with Gasteiger partial charge in [0.25, 0.3) is 0 Å². The van der Waals surface area contributed by atoms with Crippen molar-refractivity contribution in [2.45, 2.75) is 84.5 Å². The minimum absolute atomic E-state index is 0.0225. The minimum Gasteiger partial charge on any atom is -0.368 e. The molecule has 0 amide bonds. The molecule has 0 saturated carbocycles. The maximum absolute atomic E-state index is 5.69. The Labute approximate surface area is 134 Å². The Morgan fingerprint density at radius 3 is 1.76 bits per heavy atom. The Hall–Kier alpha value is -0.523. The van der Waals surface area contributed by atoms with Crippen molar-refractivity contribution in [3.8, 4) is 11.5 Å². The van der Waals surface area contributed by atoms with Gasteiger partial charge in [0.05, 0.1) is 0 Å². The van der Waals surface area contributed by atoms with E-state index >= 15 is 0 Å². The van der Waals surface area contributed by atoms with E-state index in [1.165, 1.54) is 0 Å². The van der Waals surface area contributed by atoms with Gasteiger partial charge in [-0.25, -0.2) is 0 Å². The highest BCUT2D eigenvalue weighted by Crippen LogP contribution is 2.40. The molecule has 21 heavy (non-hydrogen) atoms. The van der Waals surface area contributed by atoms with Crippen LogP contribution in [0.25, 0.3) is 0 Å². The van der Waals surface area contributed by atoms with Crippen molar-refractivity contribution in [1.82, 2.24) is 0 Å². The fourth-order valence-electron chi connectivity index (χ4n) is 3.67. The summed E-state index contributed by atoms with van der Waals surface area (Å²) >= 11 is 0. The Kier molecular flexibility index (Phi) is 9.25. The van der Waals surface area contributed by atoms with E-state index in [0.29, 0.717) is 22.5 Å². The lowest BCUT2D eigenvalue weighted by molar-refractivity contribution is 0.113. The number of methoxy groups -OCH3 is 1. The standard InChI is InChI=1S/C19H36OSi/c1-10-12-18(11-2)19(20-9)13-14-21(15(3)4,16(5)6)17(7)8/h10,12,15-19H,11H2,1-9H3/b12-10+/t18-,19-/m0/s1. The van der Waals surface area contributed by atoms with E-state index < -0.39 is 8.07 Å². The van der Waals surface area contributed by atoms with E-state index in [4.69, 9.17) is 4.74 Å². The van der Waals surface area contributed by atoms with Gasteiger partial charge >= 0.3 is 0 Å².